The number of amides is 1. The van der Waals surface area contributed by atoms with Gasteiger partial charge in [-0.3, -0.25) is 4.79 Å². The molecular weight excluding hydrogens is 394 g/mol. The second-order valence-electron chi connectivity index (χ2n) is 8.10. The van der Waals surface area contributed by atoms with Crippen LogP contribution in [0.5, 0.6) is 0 Å². The maximum Gasteiger partial charge on any atom is 0.225 e. The average molecular weight is 422 g/mol. The highest BCUT2D eigenvalue weighted by Crippen LogP contribution is 2.25. The quantitative estimate of drug-likeness (QED) is 0.634. The maximum absolute atomic E-state index is 12.2. The van der Waals surface area contributed by atoms with E-state index in [0.717, 1.165) is 74.7 Å². The molecule has 1 amide bonds. The van der Waals surface area contributed by atoms with E-state index in [4.69, 9.17) is 0 Å². The molecule has 3 aromatic rings. The molecule has 0 spiro atoms. The Balaban J connectivity index is 1.23. The minimum atomic E-state index is 0.171. The molecule has 1 aliphatic heterocycles. The summed E-state index contributed by atoms with van der Waals surface area (Å²) in [7, 11) is 0. The van der Waals surface area contributed by atoms with Crippen LogP contribution < -0.4 is 15.1 Å². The monoisotopic (exact) mass is 421 g/mol. The number of hydrogen-bond donors (Lipinski definition) is 1. The lowest BCUT2D eigenvalue weighted by Crippen LogP contribution is -2.47. The van der Waals surface area contributed by atoms with Crippen LogP contribution in [0.2, 0.25) is 0 Å². The minimum absolute atomic E-state index is 0.171. The van der Waals surface area contributed by atoms with Crippen molar-refractivity contribution in [2.75, 3.05) is 42.5 Å². The van der Waals surface area contributed by atoms with Crippen molar-refractivity contribution >= 4 is 28.7 Å². The molecule has 0 radical (unpaired) electrons. The molecule has 1 N–H and O–H groups in total. The fourth-order valence-electron chi connectivity index (χ4n) is 4.49. The summed E-state index contributed by atoms with van der Waals surface area (Å²) in [6.45, 7) is 4.46. The van der Waals surface area contributed by atoms with Crippen molar-refractivity contribution in [2.45, 2.75) is 32.2 Å². The molecule has 5 rings (SSSR count). The standard InChI is InChI=1S/C21H27N9O/c31-20(16-4-1-2-5-16)22-8-9-30-19-17(14-27-30)18(25-15-26-19)28-10-12-29(13-11-28)21-23-6-3-7-24-21/h3,6-7,14-16H,1-2,4-5,8-13H2,(H,22,31). The zero-order chi connectivity index (χ0) is 21.0. The van der Waals surface area contributed by atoms with Crippen LogP contribution >= 0.6 is 0 Å². The summed E-state index contributed by atoms with van der Waals surface area (Å²) in [4.78, 5) is 34.4. The Morgan fingerprint density at radius 1 is 1.00 bits per heavy atom. The highest BCUT2D eigenvalue weighted by molar-refractivity contribution is 5.86. The van der Waals surface area contributed by atoms with E-state index in [0.29, 0.717) is 13.1 Å². The normalized spacial score (nSPS) is 17.4. The topological polar surface area (TPSA) is 105 Å². The Hall–Kier alpha value is -3.30. The highest BCUT2D eigenvalue weighted by Gasteiger charge is 2.24. The highest BCUT2D eigenvalue weighted by atomic mass is 16.1. The lowest BCUT2D eigenvalue weighted by molar-refractivity contribution is -0.124. The Bertz CT molecular complexity index is 1020. The summed E-state index contributed by atoms with van der Waals surface area (Å²) in [5.74, 6) is 2.02. The first-order valence-electron chi connectivity index (χ1n) is 11.0. The fourth-order valence-corrected chi connectivity index (χ4v) is 4.49. The number of rotatable bonds is 6. The smallest absolute Gasteiger partial charge is 0.225 e. The van der Waals surface area contributed by atoms with E-state index in [1.807, 2.05) is 16.9 Å². The number of anilines is 2. The van der Waals surface area contributed by atoms with E-state index in [-0.39, 0.29) is 11.8 Å². The summed E-state index contributed by atoms with van der Waals surface area (Å²) in [6, 6.07) is 1.83. The van der Waals surface area contributed by atoms with Crippen LogP contribution in [0.1, 0.15) is 25.7 Å². The van der Waals surface area contributed by atoms with E-state index >= 15 is 0 Å². The third-order valence-corrected chi connectivity index (χ3v) is 6.18. The summed E-state index contributed by atoms with van der Waals surface area (Å²) in [5.41, 5.74) is 0.800. The van der Waals surface area contributed by atoms with Gasteiger partial charge in [0.25, 0.3) is 0 Å². The lowest BCUT2D eigenvalue weighted by Gasteiger charge is -2.35. The van der Waals surface area contributed by atoms with Crippen molar-refractivity contribution in [3.8, 4) is 0 Å². The Kier molecular flexibility index (Phi) is 5.59. The van der Waals surface area contributed by atoms with E-state index in [1.165, 1.54) is 0 Å². The molecule has 162 valence electrons. The van der Waals surface area contributed by atoms with Crippen LogP contribution in [0.4, 0.5) is 11.8 Å². The molecule has 1 saturated carbocycles. The van der Waals surface area contributed by atoms with Crippen molar-refractivity contribution in [3.63, 3.8) is 0 Å². The SMILES string of the molecule is O=C(NCCn1ncc2c(N3CCN(c4ncccn4)CC3)ncnc21)C1CCCC1. The number of fused-ring (bicyclic) bond motifs is 1. The predicted octanol–water partition coefficient (Wildman–Crippen LogP) is 1.25. The van der Waals surface area contributed by atoms with Gasteiger partial charge in [-0.05, 0) is 18.9 Å². The number of nitrogens with zero attached hydrogens (tertiary/aromatic N) is 8. The summed E-state index contributed by atoms with van der Waals surface area (Å²) in [5, 5.41) is 8.51. The molecule has 0 aromatic carbocycles. The van der Waals surface area contributed by atoms with Gasteiger partial charge < -0.3 is 15.1 Å². The van der Waals surface area contributed by atoms with Crippen molar-refractivity contribution in [3.05, 3.63) is 31.0 Å². The molecule has 1 aliphatic carbocycles. The second kappa shape index (κ2) is 8.83. The molecule has 2 fully saturated rings. The van der Waals surface area contributed by atoms with Crippen LogP contribution in [0.15, 0.2) is 31.0 Å². The summed E-state index contributed by atoms with van der Waals surface area (Å²) < 4.78 is 1.85. The number of piperazine rings is 1. The molecule has 4 heterocycles. The molecule has 1 saturated heterocycles. The van der Waals surface area contributed by atoms with Crippen LogP contribution in [0.25, 0.3) is 11.0 Å². The second-order valence-corrected chi connectivity index (χ2v) is 8.10. The van der Waals surface area contributed by atoms with Crippen LogP contribution in [0.3, 0.4) is 0 Å². The van der Waals surface area contributed by atoms with Gasteiger partial charge in [-0.2, -0.15) is 5.10 Å². The maximum atomic E-state index is 12.2. The number of aromatic nitrogens is 6. The van der Waals surface area contributed by atoms with Gasteiger partial charge >= 0.3 is 0 Å². The fraction of sp³-hybridized carbons (Fsp3) is 0.524. The number of nitrogens with one attached hydrogen (secondary N) is 1. The summed E-state index contributed by atoms with van der Waals surface area (Å²) >= 11 is 0. The van der Waals surface area contributed by atoms with Gasteiger partial charge in [0.05, 0.1) is 18.1 Å². The first kappa shape index (κ1) is 19.7. The lowest BCUT2D eigenvalue weighted by atomic mass is 10.1. The van der Waals surface area contributed by atoms with E-state index < -0.39 is 0 Å². The largest absolute Gasteiger partial charge is 0.354 e. The zero-order valence-corrected chi connectivity index (χ0v) is 17.5. The summed E-state index contributed by atoms with van der Waals surface area (Å²) in [6.07, 6.45) is 11.3. The first-order chi connectivity index (χ1) is 15.3. The Labute approximate surface area is 180 Å². The third kappa shape index (κ3) is 4.14. The van der Waals surface area contributed by atoms with Gasteiger partial charge in [0.1, 0.15) is 12.1 Å². The van der Waals surface area contributed by atoms with E-state index in [9.17, 15) is 4.79 Å². The third-order valence-electron chi connectivity index (χ3n) is 6.18. The Morgan fingerprint density at radius 3 is 2.52 bits per heavy atom. The number of hydrogen-bond acceptors (Lipinski definition) is 8. The Morgan fingerprint density at radius 2 is 1.74 bits per heavy atom. The van der Waals surface area contributed by atoms with Crippen molar-refractivity contribution in [1.29, 1.82) is 0 Å². The molecular formula is C21H27N9O. The van der Waals surface area contributed by atoms with Crippen molar-refractivity contribution < 1.29 is 4.79 Å². The first-order valence-corrected chi connectivity index (χ1v) is 11.0. The molecule has 2 aliphatic rings. The molecule has 0 atom stereocenters. The van der Waals surface area contributed by atoms with Gasteiger partial charge in [-0.1, -0.05) is 12.8 Å². The van der Waals surface area contributed by atoms with Crippen molar-refractivity contribution in [1.82, 2.24) is 35.0 Å². The molecule has 31 heavy (non-hydrogen) atoms. The van der Waals surface area contributed by atoms with Crippen LogP contribution in [0, 0.1) is 5.92 Å². The molecule has 3 aromatic heterocycles. The van der Waals surface area contributed by atoms with Crippen LogP contribution in [-0.4, -0.2) is 68.3 Å². The van der Waals surface area contributed by atoms with Gasteiger partial charge in [0, 0.05) is 51.0 Å². The number of carbonyl (C=O) groups is 1. The molecule has 10 nitrogen and oxygen atoms in total. The van der Waals surface area contributed by atoms with Gasteiger partial charge in [-0.15, -0.1) is 0 Å². The molecule has 0 bridgehead atoms. The molecule has 10 heteroatoms. The van der Waals surface area contributed by atoms with Crippen LogP contribution in [-0.2, 0) is 11.3 Å². The average Bonchev–Trinajstić information content (AvgIpc) is 3.50. The number of carbonyl (C=O) groups excluding carboxylic acids is 1. The van der Waals surface area contributed by atoms with Gasteiger partial charge in [0.2, 0.25) is 11.9 Å². The predicted molar refractivity (Wildman–Crippen MR) is 117 cm³/mol. The van der Waals surface area contributed by atoms with Crippen molar-refractivity contribution in [2.24, 2.45) is 5.92 Å². The van der Waals surface area contributed by atoms with Gasteiger partial charge in [0.15, 0.2) is 5.65 Å². The zero-order valence-electron chi connectivity index (χ0n) is 17.5. The molecule has 0 unspecified atom stereocenters. The van der Waals surface area contributed by atoms with E-state index in [2.05, 4.69) is 40.2 Å². The van der Waals surface area contributed by atoms with E-state index in [1.54, 1.807) is 18.7 Å². The minimum Gasteiger partial charge on any atom is -0.354 e. The van der Waals surface area contributed by atoms with Gasteiger partial charge in [-0.25, -0.2) is 24.6 Å².